The van der Waals surface area contributed by atoms with E-state index in [0.717, 1.165) is 30.6 Å². The second kappa shape index (κ2) is 4.49. The van der Waals surface area contributed by atoms with Gasteiger partial charge in [0.2, 0.25) is 0 Å². The van der Waals surface area contributed by atoms with Gasteiger partial charge in [-0.15, -0.1) is 0 Å². The molecule has 1 fully saturated rings. The Labute approximate surface area is 112 Å². The van der Waals surface area contributed by atoms with Gasteiger partial charge in [0.1, 0.15) is 5.76 Å². The summed E-state index contributed by atoms with van der Waals surface area (Å²) in [5, 5.41) is 4.09. The summed E-state index contributed by atoms with van der Waals surface area (Å²) in [6, 6.07) is 1.83. The first-order valence-electron chi connectivity index (χ1n) is 6.76. The van der Waals surface area contributed by atoms with Crippen molar-refractivity contribution in [2.45, 2.75) is 45.1 Å². The topological polar surface area (TPSA) is 78.1 Å². The summed E-state index contributed by atoms with van der Waals surface area (Å²) in [6.07, 6.45) is 5.79. The first-order chi connectivity index (χ1) is 9.08. The van der Waals surface area contributed by atoms with Gasteiger partial charge in [-0.2, -0.15) is 4.98 Å². The molecule has 1 aliphatic carbocycles. The third-order valence-corrected chi connectivity index (χ3v) is 3.99. The lowest BCUT2D eigenvalue weighted by Gasteiger charge is -2.33. The predicted molar refractivity (Wildman–Crippen MR) is 70.2 cm³/mol. The molecule has 19 heavy (non-hydrogen) atoms. The maximum atomic E-state index is 6.47. The molecular formula is C14H19N3O2. The van der Waals surface area contributed by atoms with E-state index in [1.807, 2.05) is 13.0 Å². The van der Waals surface area contributed by atoms with E-state index in [2.05, 4.69) is 17.1 Å². The van der Waals surface area contributed by atoms with Gasteiger partial charge in [-0.05, 0) is 31.7 Å². The van der Waals surface area contributed by atoms with Crippen molar-refractivity contribution in [3.05, 3.63) is 23.9 Å². The summed E-state index contributed by atoms with van der Waals surface area (Å²) in [7, 11) is 0. The number of hydrogen-bond acceptors (Lipinski definition) is 5. The van der Waals surface area contributed by atoms with Crippen LogP contribution in [0.4, 0.5) is 0 Å². The molecule has 0 bridgehead atoms. The molecule has 0 aliphatic heterocycles. The van der Waals surface area contributed by atoms with Crippen molar-refractivity contribution in [2.75, 3.05) is 0 Å². The van der Waals surface area contributed by atoms with Crippen molar-refractivity contribution in [3.63, 3.8) is 0 Å². The Morgan fingerprint density at radius 1 is 1.47 bits per heavy atom. The molecule has 0 spiro atoms. The van der Waals surface area contributed by atoms with Gasteiger partial charge < -0.3 is 14.7 Å². The normalized spacial score (nSPS) is 27.6. The van der Waals surface area contributed by atoms with Crippen molar-refractivity contribution >= 4 is 0 Å². The van der Waals surface area contributed by atoms with Gasteiger partial charge in [-0.1, -0.05) is 24.9 Å². The molecule has 0 aromatic carbocycles. The van der Waals surface area contributed by atoms with Gasteiger partial charge in [-0.3, -0.25) is 0 Å². The molecule has 0 amide bonds. The molecule has 2 aromatic rings. The van der Waals surface area contributed by atoms with Crippen molar-refractivity contribution in [2.24, 2.45) is 11.7 Å². The van der Waals surface area contributed by atoms with Crippen molar-refractivity contribution in [1.29, 1.82) is 0 Å². The zero-order valence-corrected chi connectivity index (χ0v) is 11.3. The van der Waals surface area contributed by atoms with Crippen LogP contribution >= 0.6 is 0 Å². The molecule has 2 heterocycles. The van der Waals surface area contributed by atoms with Gasteiger partial charge in [0.05, 0.1) is 17.4 Å². The third kappa shape index (κ3) is 2.18. The highest BCUT2D eigenvalue weighted by Gasteiger charge is 2.37. The van der Waals surface area contributed by atoms with E-state index >= 15 is 0 Å². The molecule has 2 N–H and O–H groups in total. The Bertz CT molecular complexity index is 575. The van der Waals surface area contributed by atoms with Crippen LogP contribution in [0.15, 0.2) is 21.3 Å². The largest absolute Gasteiger partial charge is 0.469 e. The van der Waals surface area contributed by atoms with Crippen LogP contribution in [-0.2, 0) is 5.54 Å². The van der Waals surface area contributed by atoms with Crippen LogP contribution in [0, 0.1) is 12.8 Å². The molecule has 1 aliphatic rings. The predicted octanol–water partition coefficient (Wildman–Crippen LogP) is 3.00. The van der Waals surface area contributed by atoms with Crippen LogP contribution in [0.5, 0.6) is 0 Å². The summed E-state index contributed by atoms with van der Waals surface area (Å²) in [5.41, 5.74) is 6.86. The van der Waals surface area contributed by atoms with Crippen LogP contribution in [0.1, 0.15) is 44.2 Å². The Morgan fingerprint density at radius 2 is 2.32 bits per heavy atom. The fourth-order valence-electron chi connectivity index (χ4n) is 2.94. The number of nitrogens with two attached hydrogens (primary N) is 1. The number of aromatic nitrogens is 2. The third-order valence-electron chi connectivity index (χ3n) is 3.99. The van der Waals surface area contributed by atoms with E-state index in [1.54, 1.807) is 6.26 Å². The average Bonchev–Trinajstić information content (AvgIpc) is 2.96. The lowest BCUT2D eigenvalue weighted by molar-refractivity contribution is 0.222. The molecule has 102 valence electrons. The number of hydrogen-bond donors (Lipinski definition) is 1. The minimum Gasteiger partial charge on any atom is -0.469 e. The lowest BCUT2D eigenvalue weighted by Crippen LogP contribution is -2.42. The van der Waals surface area contributed by atoms with E-state index in [0.29, 0.717) is 17.6 Å². The number of nitrogens with zero attached hydrogens (tertiary/aromatic N) is 2. The van der Waals surface area contributed by atoms with Crippen molar-refractivity contribution in [1.82, 2.24) is 10.1 Å². The standard InChI is InChI=1S/C14H19N3O2/c1-9-4-3-6-14(15,8-9)13-16-12(19-17-13)11-5-7-18-10(11)2/h5,7,9H,3-4,6,8,15H2,1-2H3. The van der Waals surface area contributed by atoms with Crippen LogP contribution in [0.3, 0.4) is 0 Å². The van der Waals surface area contributed by atoms with Crippen LogP contribution in [-0.4, -0.2) is 10.1 Å². The molecule has 0 saturated heterocycles. The summed E-state index contributed by atoms with van der Waals surface area (Å²) in [4.78, 5) is 4.48. The zero-order chi connectivity index (χ0) is 13.5. The highest BCUT2D eigenvalue weighted by molar-refractivity contribution is 5.54. The second-order valence-corrected chi connectivity index (χ2v) is 5.67. The molecule has 5 heteroatoms. The van der Waals surface area contributed by atoms with Gasteiger partial charge in [-0.25, -0.2) is 0 Å². The van der Waals surface area contributed by atoms with Gasteiger partial charge in [0.25, 0.3) is 5.89 Å². The monoisotopic (exact) mass is 261 g/mol. The maximum Gasteiger partial charge on any atom is 0.261 e. The summed E-state index contributed by atoms with van der Waals surface area (Å²) >= 11 is 0. The Kier molecular flexibility index (Phi) is 2.93. The molecule has 2 atom stereocenters. The zero-order valence-electron chi connectivity index (χ0n) is 11.3. The van der Waals surface area contributed by atoms with Gasteiger partial charge in [0.15, 0.2) is 5.82 Å². The number of rotatable bonds is 2. The Balaban J connectivity index is 1.91. The molecule has 1 saturated carbocycles. The molecule has 0 radical (unpaired) electrons. The first-order valence-corrected chi connectivity index (χ1v) is 6.76. The van der Waals surface area contributed by atoms with Crippen molar-refractivity contribution in [3.8, 4) is 11.5 Å². The van der Waals surface area contributed by atoms with E-state index in [9.17, 15) is 0 Å². The molecular weight excluding hydrogens is 242 g/mol. The fourth-order valence-corrected chi connectivity index (χ4v) is 2.94. The van der Waals surface area contributed by atoms with Crippen molar-refractivity contribution < 1.29 is 8.94 Å². The summed E-state index contributed by atoms with van der Waals surface area (Å²) in [6.45, 7) is 4.10. The maximum absolute atomic E-state index is 6.47. The number of aryl methyl sites for hydroxylation is 1. The minimum atomic E-state index is -0.447. The molecule has 3 rings (SSSR count). The van der Waals surface area contributed by atoms with E-state index < -0.39 is 5.54 Å². The lowest BCUT2D eigenvalue weighted by atomic mass is 9.76. The highest BCUT2D eigenvalue weighted by Crippen LogP contribution is 2.37. The SMILES string of the molecule is Cc1occc1-c1nc(C2(N)CCCC(C)C2)no1. The smallest absolute Gasteiger partial charge is 0.261 e. The molecule has 2 unspecified atom stereocenters. The van der Waals surface area contributed by atoms with E-state index in [-0.39, 0.29) is 0 Å². The van der Waals surface area contributed by atoms with Crippen LogP contribution < -0.4 is 5.73 Å². The number of furan rings is 1. The van der Waals surface area contributed by atoms with E-state index in [1.165, 1.54) is 6.42 Å². The molecule has 5 nitrogen and oxygen atoms in total. The quantitative estimate of drug-likeness (QED) is 0.899. The van der Waals surface area contributed by atoms with Gasteiger partial charge >= 0.3 is 0 Å². The average molecular weight is 261 g/mol. The van der Waals surface area contributed by atoms with Gasteiger partial charge in [0, 0.05) is 0 Å². The Morgan fingerprint density at radius 3 is 3.00 bits per heavy atom. The van der Waals surface area contributed by atoms with Crippen LogP contribution in [0.25, 0.3) is 11.5 Å². The summed E-state index contributed by atoms with van der Waals surface area (Å²) in [5.74, 6) is 2.49. The van der Waals surface area contributed by atoms with E-state index in [4.69, 9.17) is 14.7 Å². The summed E-state index contributed by atoms with van der Waals surface area (Å²) < 4.78 is 10.6. The minimum absolute atomic E-state index is 0.447. The van der Waals surface area contributed by atoms with Crippen LogP contribution in [0.2, 0.25) is 0 Å². The second-order valence-electron chi connectivity index (χ2n) is 5.67. The first kappa shape index (κ1) is 12.4. The fraction of sp³-hybridized carbons (Fsp3) is 0.571. The Hall–Kier alpha value is -1.62. The molecule has 2 aromatic heterocycles. The highest BCUT2D eigenvalue weighted by atomic mass is 16.5.